The van der Waals surface area contributed by atoms with Crippen molar-refractivity contribution in [3.05, 3.63) is 65.2 Å². The summed E-state index contributed by atoms with van der Waals surface area (Å²) in [4.78, 5) is 0. The lowest BCUT2D eigenvalue weighted by Crippen LogP contribution is -2.11. The minimum Gasteiger partial charge on any atom is -0.435 e. The number of rotatable bonds is 6. The second-order valence-electron chi connectivity index (χ2n) is 6.28. The van der Waals surface area contributed by atoms with Gasteiger partial charge in [0.1, 0.15) is 5.75 Å². The van der Waals surface area contributed by atoms with Crippen LogP contribution in [0.2, 0.25) is 0 Å². The predicted molar refractivity (Wildman–Crippen MR) is 102 cm³/mol. The third-order valence-electron chi connectivity index (χ3n) is 3.35. The van der Waals surface area contributed by atoms with E-state index in [4.69, 9.17) is 0 Å². The molecule has 0 fully saturated rings. The molecule has 0 saturated carbocycles. The van der Waals surface area contributed by atoms with Crippen molar-refractivity contribution in [2.75, 3.05) is 12.5 Å². The molecule has 2 aromatic carbocycles. The summed E-state index contributed by atoms with van der Waals surface area (Å²) in [6.07, 6.45) is -2.58. The fourth-order valence-electron chi connectivity index (χ4n) is 2.32. The number of alkyl halides is 5. The zero-order valence-corrected chi connectivity index (χ0v) is 17.5. The summed E-state index contributed by atoms with van der Waals surface area (Å²) in [6, 6.07) is 10.5. The number of halogens is 5. The molecule has 0 aliphatic carbocycles. The zero-order chi connectivity index (χ0) is 23.2. The molecule has 0 amide bonds. The van der Waals surface area contributed by atoms with Crippen LogP contribution in [0.15, 0.2) is 48.5 Å². The maximum Gasteiger partial charge on any atom is 0.416 e. The Morgan fingerprint density at radius 3 is 1.70 bits per heavy atom. The van der Waals surface area contributed by atoms with Crippen LogP contribution >= 0.6 is 0 Å². The Bertz CT molecular complexity index is 1050. The van der Waals surface area contributed by atoms with Crippen molar-refractivity contribution in [2.45, 2.75) is 24.3 Å². The van der Waals surface area contributed by atoms with Gasteiger partial charge in [-0.05, 0) is 17.7 Å². The second kappa shape index (κ2) is 10.2. The van der Waals surface area contributed by atoms with Crippen molar-refractivity contribution < 1.29 is 43.5 Å². The first kappa shape index (κ1) is 25.8. The summed E-state index contributed by atoms with van der Waals surface area (Å²) in [5.41, 5.74) is -0.872. The Kier molecular flexibility index (Phi) is 8.78. The van der Waals surface area contributed by atoms with Crippen molar-refractivity contribution in [2.24, 2.45) is 0 Å². The number of hydrogen-bond acceptors (Lipinski definition) is 5. The molecule has 0 spiro atoms. The average molecular weight is 474 g/mol. The normalized spacial score (nSPS) is 12.3. The monoisotopic (exact) mass is 474 g/mol. The van der Waals surface area contributed by atoms with E-state index in [1.165, 1.54) is 36.4 Å². The molecule has 0 aliphatic heterocycles. The first-order chi connectivity index (χ1) is 13.6. The highest BCUT2D eigenvalue weighted by Gasteiger charge is 2.33. The first-order valence-corrected chi connectivity index (χ1v) is 12.2. The van der Waals surface area contributed by atoms with Gasteiger partial charge in [-0.15, -0.1) is 0 Å². The highest BCUT2D eigenvalue weighted by atomic mass is 32.2. The van der Waals surface area contributed by atoms with E-state index < -0.39 is 43.8 Å². The van der Waals surface area contributed by atoms with Crippen molar-refractivity contribution in [1.29, 1.82) is 0 Å². The quantitative estimate of drug-likeness (QED) is 0.590. The van der Waals surface area contributed by atoms with Gasteiger partial charge >= 0.3 is 12.8 Å². The third-order valence-corrected chi connectivity index (χ3v) is 5.02. The van der Waals surface area contributed by atoms with E-state index in [9.17, 15) is 38.8 Å². The van der Waals surface area contributed by atoms with E-state index in [0.717, 1.165) is 18.6 Å². The number of sulfone groups is 2. The number of ether oxygens (including phenoxy) is 1. The van der Waals surface area contributed by atoms with Crippen LogP contribution in [0.3, 0.4) is 0 Å². The van der Waals surface area contributed by atoms with Gasteiger partial charge in [0.15, 0.2) is 19.7 Å². The first-order valence-electron chi connectivity index (χ1n) is 8.12. The van der Waals surface area contributed by atoms with Crippen molar-refractivity contribution in [3.63, 3.8) is 0 Å². The zero-order valence-electron chi connectivity index (χ0n) is 15.9. The summed E-state index contributed by atoms with van der Waals surface area (Å²) < 4.78 is 109. The molecule has 0 unspecified atom stereocenters. The third kappa shape index (κ3) is 10.0. The average Bonchev–Trinajstić information content (AvgIpc) is 2.53. The van der Waals surface area contributed by atoms with E-state index in [0.29, 0.717) is 0 Å². The molecule has 168 valence electrons. The largest absolute Gasteiger partial charge is 0.435 e. The molecule has 0 heterocycles. The number of benzene rings is 2. The molecule has 12 heteroatoms. The molecule has 0 atom stereocenters. The predicted octanol–water partition coefficient (Wildman–Crippen LogP) is 4.08. The van der Waals surface area contributed by atoms with Gasteiger partial charge in [-0.3, -0.25) is 0 Å². The van der Waals surface area contributed by atoms with Gasteiger partial charge in [-0.25, -0.2) is 16.8 Å². The van der Waals surface area contributed by atoms with Crippen LogP contribution < -0.4 is 4.74 Å². The molecule has 0 bridgehead atoms. The fourth-order valence-corrected chi connectivity index (χ4v) is 3.94. The fraction of sp³-hybridized carbons (Fsp3) is 0.333. The molecule has 2 aromatic rings. The molecular weight excluding hydrogens is 455 g/mol. The molecular formula is C18H19F5O5S2. The van der Waals surface area contributed by atoms with Crippen LogP contribution in [0.4, 0.5) is 22.0 Å². The van der Waals surface area contributed by atoms with E-state index in [-0.39, 0.29) is 22.6 Å². The molecule has 5 nitrogen and oxygen atoms in total. The molecule has 2 rings (SSSR count). The number of para-hydroxylation sites is 1. The van der Waals surface area contributed by atoms with Gasteiger partial charge in [-0.2, -0.15) is 22.0 Å². The standard InChI is InChI=1S/C9H9F3O2S.C9H10F2O3S/c1-15(13,14)6-7-4-2-3-5-8(7)9(10,11)12;1-15(12,13)6-7-4-2-3-5-8(7)14-9(10)11/h2-5H,6H2,1H3;2-5,9H,6H2,1H3. The SMILES string of the molecule is CS(=O)(=O)Cc1ccccc1C(F)(F)F.CS(=O)(=O)Cc1ccccc1OC(F)F. The summed E-state index contributed by atoms with van der Waals surface area (Å²) in [5, 5.41) is 0. The van der Waals surface area contributed by atoms with Crippen molar-refractivity contribution in [3.8, 4) is 5.75 Å². The van der Waals surface area contributed by atoms with Crippen LogP contribution in [0.25, 0.3) is 0 Å². The van der Waals surface area contributed by atoms with Gasteiger partial charge in [0.2, 0.25) is 0 Å². The minimum absolute atomic E-state index is 0.0991. The van der Waals surface area contributed by atoms with E-state index in [1.54, 1.807) is 6.07 Å². The van der Waals surface area contributed by atoms with Gasteiger partial charge < -0.3 is 4.74 Å². The highest BCUT2D eigenvalue weighted by Crippen LogP contribution is 2.32. The van der Waals surface area contributed by atoms with Crippen LogP contribution in [0.5, 0.6) is 5.75 Å². The molecule has 0 radical (unpaired) electrons. The molecule has 30 heavy (non-hydrogen) atoms. The second-order valence-corrected chi connectivity index (χ2v) is 10.6. The lowest BCUT2D eigenvalue weighted by molar-refractivity contribution is -0.138. The Morgan fingerprint density at radius 1 is 0.800 bits per heavy atom. The Hall–Kier alpha value is -2.21. The summed E-state index contributed by atoms with van der Waals surface area (Å²) in [7, 11) is -6.72. The highest BCUT2D eigenvalue weighted by molar-refractivity contribution is 7.90. The molecule has 0 aliphatic rings. The van der Waals surface area contributed by atoms with Gasteiger partial charge in [0, 0.05) is 18.1 Å². The molecule has 0 saturated heterocycles. The minimum atomic E-state index is -4.51. The van der Waals surface area contributed by atoms with Crippen LogP contribution in [-0.4, -0.2) is 36.0 Å². The van der Waals surface area contributed by atoms with Crippen molar-refractivity contribution >= 4 is 19.7 Å². The Balaban J connectivity index is 0.000000300. The summed E-state index contributed by atoms with van der Waals surface area (Å²) in [6.45, 7) is -2.95. The summed E-state index contributed by atoms with van der Waals surface area (Å²) >= 11 is 0. The van der Waals surface area contributed by atoms with Crippen LogP contribution in [-0.2, 0) is 37.4 Å². The maximum atomic E-state index is 12.4. The van der Waals surface area contributed by atoms with Gasteiger partial charge in [0.25, 0.3) is 0 Å². The Morgan fingerprint density at radius 2 is 1.23 bits per heavy atom. The van der Waals surface area contributed by atoms with E-state index in [2.05, 4.69) is 4.74 Å². The van der Waals surface area contributed by atoms with Crippen LogP contribution in [0, 0.1) is 0 Å². The topological polar surface area (TPSA) is 77.5 Å². The molecule has 0 N–H and O–H groups in total. The summed E-state index contributed by atoms with van der Waals surface area (Å²) in [5.74, 6) is -1.00. The van der Waals surface area contributed by atoms with E-state index in [1.807, 2.05) is 0 Å². The van der Waals surface area contributed by atoms with E-state index >= 15 is 0 Å². The smallest absolute Gasteiger partial charge is 0.416 e. The van der Waals surface area contributed by atoms with Crippen molar-refractivity contribution in [1.82, 2.24) is 0 Å². The van der Waals surface area contributed by atoms with Gasteiger partial charge in [-0.1, -0.05) is 36.4 Å². The molecule has 0 aromatic heterocycles. The maximum absolute atomic E-state index is 12.4. The van der Waals surface area contributed by atoms with Gasteiger partial charge in [0.05, 0.1) is 17.1 Å². The lowest BCUT2D eigenvalue weighted by Gasteiger charge is -2.11. The van der Waals surface area contributed by atoms with Crippen LogP contribution in [0.1, 0.15) is 16.7 Å². The number of hydrogen-bond donors (Lipinski definition) is 0. The lowest BCUT2D eigenvalue weighted by atomic mass is 10.1. The Labute approximate surface area is 171 Å².